The molecular formula is C14H21FN2O. The SMILES string of the molecule is C[C@H](N)c1cccc(F)c1N1CCCCC1CO. The number of anilines is 1. The highest BCUT2D eigenvalue weighted by Gasteiger charge is 2.26. The molecule has 2 rings (SSSR count). The van der Waals surface area contributed by atoms with E-state index in [0.717, 1.165) is 31.4 Å². The van der Waals surface area contributed by atoms with Crippen LogP contribution in [0, 0.1) is 5.82 Å². The quantitative estimate of drug-likeness (QED) is 0.867. The van der Waals surface area contributed by atoms with Gasteiger partial charge >= 0.3 is 0 Å². The lowest BCUT2D eigenvalue weighted by Gasteiger charge is -2.38. The van der Waals surface area contributed by atoms with Crippen LogP contribution >= 0.6 is 0 Å². The first kappa shape index (κ1) is 13.3. The summed E-state index contributed by atoms with van der Waals surface area (Å²) in [6.45, 7) is 2.70. The zero-order valence-electron chi connectivity index (χ0n) is 10.8. The number of aliphatic hydroxyl groups excluding tert-OH is 1. The summed E-state index contributed by atoms with van der Waals surface area (Å²) in [5.41, 5.74) is 7.31. The first-order chi connectivity index (χ1) is 8.65. The molecule has 0 saturated carbocycles. The van der Waals surface area contributed by atoms with Gasteiger partial charge in [0.25, 0.3) is 0 Å². The van der Waals surface area contributed by atoms with Crippen LogP contribution in [0.1, 0.15) is 37.8 Å². The van der Waals surface area contributed by atoms with Gasteiger partial charge in [0.05, 0.1) is 18.3 Å². The fourth-order valence-corrected chi connectivity index (χ4v) is 2.69. The van der Waals surface area contributed by atoms with E-state index in [1.54, 1.807) is 6.07 Å². The lowest BCUT2D eigenvalue weighted by atomic mass is 9.98. The molecule has 0 bridgehead atoms. The van der Waals surface area contributed by atoms with Crippen molar-refractivity contribution < 1.29 is 9.50 Å². The third kappa shape index (κ3) is 2.49. The highest BCUT2D eigenvalue weighted by Crippen LogP contribution is 2.32. The number of halogens is 1. The second-order valence-electron chi connectivity index (χ2n) is 4.99. The Bertz CT molecular complexity index is 409. The Hall–Kier alpha value is -1.13. The molecule has 0 spiro atoms. The van der Waals surface area contributed by atoms with Gasteiger partial charge in [0.2, 0.25) is 0 Å². The van der Waals surface area contributed by atoms with Crippen molar-refractivity contribution in [1.82, 2.24) is 0 Å². The van der Waals surface area contributed by atoms with Crippen LogP contribution in [0.25, 0.3) is 0 Å². The van der Waals surface area contributed by atoms with Crippen molar-refractivity contribution in [2.75, 3.05) is 18.1 Å². The van der Waals surface area contributed by atoms with Gasteiger partial charge in [-0.25, -0.2) is 4.39 Å². The van der Waals surface area contributed by atoms with Crippen LogP contribution in [-0.4, -0.2) is 24.3 Å². The molecule has 1 heterocycles. The van der Waals surface area contributed by atoms with E-state index in [1.165, 1.54) is 6.07 Å². The van der Waals surface area contributed by atoms with E-state index < -0.39 is 0 Å². The van der Waals surface area contributed by atoms with Gasteiger partial charge in [-0.05, 0) is 37.8 Å². The second-order valence-corrected chi connectivity index (χ2v) is 4.99. The number of nitrogens with zero attached hydrogens (tertiary/aromatic N) is 1. The van der Waals surface area contributed by atoms with E-state index in [4.69, 9.17) is 5.73 Å². The molecule has 0 radical (unpaired) electrons. The highest BCUT2D eigenvalue weighted by molar-refractivity contribution is 5.57. The number of para-hydroxylation sites is 1. The molecule has 100 valence electrons. The number of aliphatic hydroxyl groups is 1. The number of rotatable bonds is 3. The van der Waals surface area contributed by atoms with E-state index in [9.17, 15) is 9.50 Å². The molecule has 1 unspecified atom stereocenters. The maximum absolute atomic E-state index is 14.1. The van der Waals surface area contributed by atoms with E-state index in [1.807, 2.05) is 17.9 Å². The molecule has 1 aliphatic heterocycles. The summed E-state index contributed by atoms with van der Waals surface area (Å²) in [6.07, 6.45) is 3.02. The largest absolute Gasteiger partial charge is 0.394 e. The van der Waals surface area contributed by atoms with Crippen LogP contribution in [-0.2, 0) is 0 Å². The molecule has 3 N–H and O–H groups in total. The Balaban J connectivity index is 2.41. The molecule has 4 heteroatoms. The first-order valence-electron chi connectivity index (χ1n) is 6.56. The summed E-state index contributed by atoms with van der Waals surface area (Å²) in [6, 6.07) is 4.82. The highest BCUT2D eigenvalue weighted by atomic mass is 19.1. The Kier molecular flexibility index (Phi) is 4.19. The van der Waals surface area contributed by atoms with E-state index in [2.05, 4.69) is 0 Å². The average molecular weight is 252 g/mol. The van der Waals surface area contributed by atoms with Gasteiger partial charge in [0.1, 0.15) is 5.82 Å². The van der Waals surface area contributed by atoms with Crippen molar-refractivity contribution in [3.8, 4) is 0 Å². The summed E-state index contributed by atoms with van der Waals surface area (Å²) in [5, 5.41) is 9.45. The molecular weight excluding hydrogens is 231 g/mol. The van der Waals surface area contributed by atoms with Gasteiger partial charge in [0.15, 0.2) is 0 Å². The van der Waals surface area contributed by atoms with Gasteiger partial charge in [-0.1, -0.05) is 12.1 Å². The Labute approximate surface area is 107 Å². The van der Waals surface area contributed by atoms with Crippen molar-refractivity contribution in [3.05, 3.63) is 29.6 Å². The molecule has 1 aromatic carbocycles. The van der Waals surface area contributed by atoms with Crippen molar-refractivity contribution in [3.63, 3.8) is 0 Å². The zero-order chi connectivity index (χ0) is 13.1. The number of hydrogen-bond acceptors (Lipinski definition) is 3. The second kappa shape index (κ2) is 5.67. The van der Waals surface area contributed by atoms with Crippen molar-refractivity contribution in [2.45, 2.75) is 38.3 Å². The summed E-state index contributed by atoms with van der Waals surface area (Å²) in [4.78, 5) is 1.98. The Morgan fingerprint density at radius 3 is 2.94 bits per heavy atom. The van der Waals surface area contributed by atoms with E-state index in [0.29, 0.717) is 5.69 Å². The van der Waals surface area contributed by atoms with E-state index in [-0.39, 0.29) is 24.5 Å². The molecule has 2 atom stereocenters. The fraction of sp³-hybridized carbons (Fsp3) is 0.571. The molecule has 1 fully saturated rings. The monoisotopic (exact) mass is 252 g/mol. The lowest BCUT2D eigenvalue weighted by Crippen LogP contribution is -2.43. The maximum atomic E-state index is 14.1. The number of nitrogens with two attached hydrogens (primary N) is 1. The Morgan fingerprint density at radius 1 is 1.50 bits per heavy atom. The topological polar surface area (TPSA) is 49.5 Å². The summed E-state index contributed by atoms with van der Waals surface area (Å²) in [7, 11) is 0. The van der Waals surface area contributed by atoms with Crippen LogP contribution in [0.4, 0.5) is 10.1 Å². The molecule has 0 amide bonds. The molecule has 1 saturated heterocycles. The summed E-state index contributed by atoms with van der Waals surface area (Å²) >= 11 is 0. The number of benzene rings is 1. The average Bonchev–Trinajstić information content (AvgIpc) is 2.38. The van der Waals surface area contributed by atoms with Crippen LogP contribution in [0.2, 0.25) is 0 Å². The van der Waals surface area contributed by atoms with Crippen LogP contribution < -0.4 is 10.6 Å². The third-order valence-corrected chi connectivity index (χ3v) is 3.63. The van der Waals surface area contributed by atoms with Gasteiger partial charge in [-0.2, -0.15) is 0 Å². The fourth-order valence-electron chi connectivity index (χ4n) is 2.69. The maximum Gasteiger partial charge on any atom is 0.146 e. The van der Waals surface area contributed by atoms with Crippen molar-refractivity contribution >= 4 is 5.69 Å². The minimum atomic E-state index is -0.245. The smallest absolute Gasteiger partial charge is 0.146 e. The van der Waals surface area contributed by atoms with Gasteiger partial charge in [-0.15, -0.1) is 0 Å². The minimum Gasteiger partial charge on any atom is -0.394 e. The summed E-state index contributed by atoms with van der Waals surface area (Å²) in [5.74, 6) is -0.245. The molecule has 1 aromatic rings. The van der Waals surface area contributed by atoms with Gasteiger partial charge in [0, 0.05) is 12.6 Å². The zero-order valence-corrected chi connectivity index (χ0v) is 10.8. The number of piperidine rings is 1. The predicted octanol–water partition coefficient (Wildman–Crippen LogP) is 2.20. The number of hydrogen-bond donors (Lipinski definition) is 2. The predicted molar refractivity (Wildman–Crippen MR) is 71.1 cm³/mol. The van der Waals surface area contributed by atoms with Gasteiger partial charge < -0.3 is 15.7 Å². The van der Waals surface area contributed by atoms with Gasteiger partial charge in [-0.3, -0.25) is 0 Å². The molecule has 0 aromatic heterocycles. The third-order valence-electron chi connectivity index (χ3n) is 3.63. The van der Waals surface area contributed by atoms with Crippen LogP contribution in [0.3, 0.4) is 0 Å². The molecule has 1 aliphatic rings. The molecule has 3 nitrogen and oxygen atoms in total. The molecule has 18 heavy (non-hydrogen) atoms. The first-order valence-corrected chi connectivity index (χ1v) is 6.56. The van der Waals surface area contributed by atoms with Crippen LogP contribution in [0.5, 0.6) is 0 Å². The van der Waals surface area contributed by atoms with E-state index >= 15 is 0 Å². The normalized spacial score (nSPS) is 22.0. The standard InChI is InChI=1S/C14H21FN2O/c1-10(16)12-6-4-7-13(15)14(12)17-8-3-2-5-11(17)9-18/h4,6-7,10-11,18H,2-3,5,8-9,16H2,1H3/t10-,11?/m0/s1. The van der Waals surface area contributed by atoms with Crippen molar-refractivity contribution in [1.29, 1.82) is 0 Å². The lowest BCUT2D eigenvalue weighted by molar-refractivity contribution is 0.239. The minimum absolute atomic E-state index is 0.00755. The van der Waals surface area contributed by atoms with Crippen LogP contribution in [0.15, 0.2) is 18.2 Å². The molecule has 0 aliphatic carbocycles. The Morgan fingerprint density at radius 2 is 2.28 bits per heavy atom. The summed E-state index contributed by atoms with van der Waals surface area (Å²) < 4.78 is 14.1. The van der Waals surface area contributed by atoms with Crippen molar-refractivity contribution in [2.24, 2.45) is 5.73 Å².